The lowest BCUT2D eigenvalue weighted by Gasteiger charge is -1.89. The summed E-state index contributed by atoms with van der Waals surface area (Å²) in [5, 5.41) is 1.02. The van der Waals surface area contributed by atoms with Gasteiger partial charge in [0.1, 0.15) is 18.0 Å². The summed E-state index contributed by atoms with van der Waals surface area (Å²) in [5.41, 5.74) is 0.858. The fraction of sp³-hybridized carbons (Fsp3) is 0.222. The van der Waals surface area contributed by atoms with Crippen molar-refractivity contribution in [2.75, 3.05) is 7.11 Å². The molecular formula is C9H9NO2. The summed E-state index contributed by atoms with van der Waals surface area (Å²) < 4.78 is 10.4. The second-order valence-electron chi connectivity index (χ2n) is 2.56. The Balaban J connectivity index is 2.47. The highest BCUT2D eigenvalue weighted by Crippen LogP contribution is 2.17. The van der Waals surface area contributed by atoms with Gasteiger partial charge in [-0.2, -0.15) is 0 Å². The summed E-state index contributed by atoms with van der Waals surface area (Å²) >= 11 is 0. The van der Waals surface area contributed by atoms with Gasteiger partial charge in [-0.15, -0.1) is 0 Å². The van der Waals surface area contributed by atoms with Gasteiger partial charge in [-0.1, -0.05) is 0 Å². The fourth-order valence-electron chi connectivity index (χ4n) is 1.15. The van der Waals surface area contributed by atoms with Crippen molar-refractivity contribution in [2.45, 2.75) is 6.61 Å². The Kier molecular flexibility index (Phi) is 1.80. The maximum atomic E-state index is 5.44. The molecule has 0 atom stereocenters. The third-order valence-electron chi connectivity index (χ3n) is 1.65. The standard InChI is InChI=1S/C9H9NO2/c1-11-6-8-4-7-5-10-3-2-9(7)12-8/h2-5H,6H2,1H3. The van der Waals surface area contributed by atoms with Crippen molar-refractivity contribution in [1.82, 2.24) is 4.98 Å². The molecule has 0 bridgehead atoms. The molecule has 0 saturated carbocycles. The van der Waals surface area contributed by atoms with E-state index < -0.39 is 0 Å². The number of pyridine rings is 1. The van der Waals surface area contributed by atoms with Gasteiger partial charge in [-0.25, -0.2) is 0 Å². The van der Waals surface area contributed by atoms with Crippen LogP contribution in [-0.4, -0.2) is 12.1 Å². The lowest BCUT2D eigenvalue weighted by Crippen LogP contribution is -1.81. The minimum Gasteiger partial charge on any atom is -0.458 e. The minimum atomic E-state index is 0.509. The van der Waals surface area contributed by atoms with Gasteiger partial charge in [0.15, 0.2) is 0 Å². The maximum Gasteiger partial charge on any atom is 0.137 e. The van der Waals surface area contributed by atoms with Crippen LogP contribution < -0.4 is 0 Å². The smallest absolute Gasteiger partial charge is 0.137 e. The van der Waals surface area contributed by atoms with Gasteiger partial charge in [0, 0.05) is 24.9 Å². The molecular weight excluding hydrogens is 154 g/mol. The molecule has 0 aromatic carbocycles. The molecule has 0 fully saturated rings. The van der Waals surface area contributed by atoms with Crippen molar-refractivity contribution in [3.8, 4) is 0 Å². The van der Waals surface area contributed by atoms with Gasteiger partial charge < -0.3 is 9.15 Å². The van der Waals surface area contributed by atoms with Crippen LogP contribution in [0.3, 0.4) is 0 Å². The van der Waals surface area contributed by atoms with Crippen LogP contribution in [0.15, 0.2) is 28.9 Å². The summed E-state index contributed by atoms with van der Waals surface area (Å²) in [4.78, 5) is 3.99. The van der Waals surface area contributed by atoms with Crippen molar-refractivity contribution >= 4 is 11.0 Å². The molecule has 0 radical (unpaired) electrons. The van der Waals surface area contributed by atoms with Crippen molar-refractivity contribution in [1.29, 1.82) is 0 Å². The second-order valence-corrected chi connectivity index (χ2v) is 2.56. The molecule has 2 heterocycles. The number of hydrogen-bond donors (Lipinski definition) is 0. The summed E-state index contributed by atoms with van der Waals surface area (Å²) in [6.45, 7) is 0.509. The van der Waals surface area contributed by atoms with E-state index in [4.69, 9.17) is 9.15 Å². The van der Waals surface area contributed by atoms with E-state index in [1.165, 1.54) is 0 Å². The zero-order chi connectivity index (χ0) is 8.39. The average Bonchev–Trinajstić information content (AvgIpc) is 2.47. The van der Waals surface area contributed by atoms with Gasteiger partial charge in [-0.05, 0) is 12.1 Å². The van der Waals surface area contributed by atoms with Crippen LogP contribution >= 0.6 is 0 Å². The van der Waals surface area contributed by atoms with Gasteiger partial charge in [0.25, 0.3) is 0 Å². The highest BCUT2D eigenvalue weighted by molar-refractivity contribution is 5.76. The van der Waals surface area contributed by atoms with E-state index in [9.17, 15) is 0 Å². The third-order valence-corrected chi connectivity index (χ3v) is 1.65. The molecule has 12 heavy (non-hydrogen) atoms. The molecule has 2 rings (SSSR count). The monoisotopic (exact) mass is 163 g/mol. The first-order chi connectivity index (χ1) is 5.90. The molecule has 2 aromatic rings. The van der Waals surface area contributed by atoms with E-state index in [0.29, 0.717) is 6.61 Å². The summed E-state index contributed by atoms with van der Waals surface area (Å²) in [6, 6.07) is 3.78. The Bertz CT molecular complexity index is 348. The molecule has 0 amide bonds. The number of ether oxygens (including phenoxy) is 1. The number of rotatable bonds is 2. The zero-order valence-corrected chi connectivity index (χ0v) is 6.78. The molecule has 0 unspecified atom stereocenters. The number of hydrogen-bond acceptors (Lipinski definition) is 3. The van der Waals surface area contributed by atoms with Crippen LogP contribution in [0.2, 0.25) is 0 Å². The Morgan fingerprint density at radius 1 is 1.58 bits per heavy atom. The molecule has 0 spiro atoms. The number of fused-ring (bicyclic) bond motifs is 1. The quantitative estimate of drug-likeness (QED) is 0.679. The van der Waals surface area contributed by atoms with E-state index in [2.05, 4.69) is 4.98 Å². The Morgan fingerprint density at radius 3 is 3.25 bits per heavy atom. The minimum absolute atomic E-state index is 0.509. The predicted molar refractivity (Wildman–Crippen MR) is 44.7 cm³/mol. The Hall–Kier alpha value is -1.35. The fourth-order valence-corrected chi connectivity index (χ4v) is 1.15. The molecule has 0 aliphatic heterocycles. The normalized spacial score (nSPS) is 10.8. The summed E-state index contributed by atoms with van der Waals surface area (Å²) in [5.74, 6) is 0.834. The number of methoxy groups -OCH3 is 1. The van der Waals surface area contributed by atoms with E-state index >= 15 is 0 Å². The highest BCUT2D eigenvalue weighted by atomic mass is 16.5. The van der Waals surface area contributed by atoms with Gasteiger partial charge in [0.05, 0.1) is 0 Å². The maximum absolute atomic E-state index is 5.44. The molecule has 0 aliphatic carbocycles. The van der Waals surface area contributed by atoms with Gasteiger partial charge in [0.2, 0.25) is 0 Å². The summed E-state index contributed by atoms with van der Waals surface area (Å²) in [6.07, 6.45) is 3.49. The van der Waals surface area contributed by atoms with Crippen LogP contribution in [0.1, 0.15) is 5.76 Å². The first-order valence-electron chi connectivity index (χ1n) is 3.71. The van der Waals surface area contributed by atoms with Crippen molar-refractivity contribution in [3.63, 3.8) is 0 Å². The van der Waals surface area contributed by atoms with Crippen molar-refractivity contribution in [2.24, 2.45) is 0 Å². The Labute approximate surface area is 70.0 Å². The zero-order valence-electron chi connectivity index (χ0n) is 6.78. The predicted octanol–water partition coefficient (Wildman–Crippen LogP) is 1.97. The topological polar surface area (TPSA) is 35.3 Å². The van der Waals surface area contributed by atoms with E-state index in [0.717, 1.165) is 16.7 Å². The average molecular weight is 163 g/mol. The van der Waals surface area contributed by atoms with E-state index in [1.807, 2.05) is 12.1 Å². The number of nitrogens with zero attached hydrogens (tertiary/aromatic N) is 1. The molecule has 2 aromatic heterocycles. The number of aromatic nitrogens is 1. The molecule has 3 heteroatoms. The largest absolute Gasteiger partial charge is 0.458 e. The number of furan rings is 1. The molecule has 0 aliphatic rings. The Morgan fingerprint density at radius 2 is 2.50 bits per heavy atom. The lowest BCUT2D eigenvalue weighted by atomic mass is 10.3. The molecule has 3 nitrogen and oxygen atoms in total. The molecule has 0 N–H and O–H groups in total. The first kappa shape index (κ1) is 7.31. The third kappa shape index (κ3) is 1.19. The van der Waals surface area contributed by atoms with Crippen LogP contribution in [0, 0.1) is 0 Å². The van der Waals surface area contributed by atoms with Gasteiger partial charge >= 0.3 is 0 Å². The van der Waals surface area contributed by atoms with Crippen LogP contribution in [0.5, 0.6) is 0 Å². The molecule has 0 saturated heterocycles. The van der Waals surface area contributed by atoms with Crippen molar-refractivity contribution in [3.05, 3.63) is 30.3 Å². The molecule has 62 valence electrons. The van der Waals surface area contributed by atoms with E-state index in [-0.39, 0.29) is 0 Å². The lowest BCUT2D eigenvalue weighted by molar-refractivity contribution is 0.166. The van der Waals surface area contributed by atoms with Crippen molar-refractivity contribution < 1.29 is 9.15 Å². The van der Waals surface area contributed by atoms with Crippen LogP contribution in [0.25, 0.3) is 11.0 Å². The highest BCUT2D eigenvalue weighted by Gasteiger charge is 2.01. The SMILES string of the molecule is COCc1cc2cnccc2o1. The van der Waals surface area contributed by atoms with Gasteiger partial charge in [-0.3, -0.25) is 4.98 Å². The first-order valence-corrected chi connectivity index (χ1v) is 3.71. The second kappa shape index (κ2) is 2.95. The van der Waals surface area contributed by atoms with Crippen LogP contribution in [0.4, 0.5) is 0 Å². The van der Waals surface area contributed by atoms with Crippen LogP contribution in [-0.2, 0) is 11.3 Å². The van der Waals surface area contributed by atoms with E-state index in [1.54, 1.807) is 19.5 Å². The summed E-state index contributed by atoms with van der Waals surface area (Å²) in [7, 11) is 1.64.